The molecule has 132 valence electrons. The lowest BCUT2D eigenvalue weighted by molar-refractivity contribution is -0.148. The number of nitrogens with one attached hydrogen (secondary N) is 1. The number of aliphatic carboxylic acids is 1. The highest BCUT2D eigenvalue weighted by molar-refractivity contribution is 5.77. The second-order valence-corrected chi connectivity index (χ2v) is 6.22. The Morgan fingerprint density at radius 2 is 1.84 bits per heavy atom. The van der Waals surface area contributed by atoms with Gasteiger partial charge in [0.05, 0.1) is 11.5 Å². The van der Waals surface area contributed by atoms with Crippen molar-refractivity contribution in [2.45, 2.75) is 26.5 Å². The van der Waals surface area contributed by atoms with Crippen molar-refractivity contribution >= 4 is 12.1 Å². The molecule has 5 nitrogen and oxygen atoms in total. The number of alkyl carbamates (subject to hydrolysis) is 1. The fourth-order valence-electron chi connectivity index (χ4n) is 2.37. The molecule has 0 aliphatic carbocycles. The first-order valence-electron chi connectivity index (χ1n) is 7.77. The summed E-state index contributed by atoms with van der Waals surface area (Å²) in [4.78, 5) is 23.7. The second kappa shape index (κ2) is 7.79. The number of carboxylic acid groups (broad SMARTS) is 1. The Bertz CT molecular complexity index is 746. The van der Waals surface area contributed by atoms with Crippen molar-refractivity contribution in [1.82, 2.24) is 5.32 Å². The van der Waals surface area contributed by atoms with Gasteiger partial charge in [0.1, 0.15) is 12.4 Å². The van der Waals surface area contributed by atoms with Gasteiger partial charge in [0.15, 0.2) is 0 Å². The van der Waals surface area contributed by atoms with Crippen molar-refractivity contribution in [1.29, 1.82) is 0 Å². The van der Waals surface area contributed by atoms with Crippen molar-refractivity contribution in [2.75, 3.05) is 0 Å². The van der Waals surface area contributed by atoms with Crippen LogP contribution in [0.2, 0.25) is 0 Å². The third-order valence-corrected chi connectivity index (χ3v) is 3.93. The van der Waals surface area contributed by atoms with E-state index in [2.05, 4.69) is 5.32 Å². The maximum Gasteiger partial charge on any atom is 0.407 e. The summed E-state index contributed by atoms with van der Waals surface area (Å²) in [6, 6.07) is 13.6. The minimum absolute atomic E-state index is 0.0516. The average Bonchev–Trinajstić information content (AvgIpc) is 2.58. The molecular weight excluding hydrogens is 325 g/mol. The van der Waals surface area contributed by atoms with Crippen LogP contribution in [0.15, 0.2) is 54.6 Å². The standard InChI is InChI=1S/C19H20FNO4/c1-19(2,17(22)23)16(14-9-6-10-15(20)11-14)21-18(24)25-12-13-7-4-3-5-8-13/h3-11,16H,12H2,1-2H3,(H,21,24)(H,22,23)/t16-/m0/s1. The number of ether oxygens (including phenoxy) is 1. The maximum atomic E-state index is 13.5. The second-order valence-electron chi connectivity index (χ2n) is 6.22. The molecule has 1 atom stereocenters. The molecule has 0 unspecified atom stereocenters. The fourth-order valence-corrected chi connectivity index (χ4v) is 2.37. The van der Waals surface area contributed by atoms with E-state index in [0.29, 0.717) is 5.56 Å². The third kappa shape index (κ3) is 4.79. The van der Waals surface area contributed by atoms with Gasteiger partial charge in [-0.25, -0.2) is 9.18 Å². The van der Waals surface area contributed by atoms with Gasteiger partial charge in [0.2, 0.25) is 0 Å². The molecule has 0 aliphatic rings. The van der Waals surface area contributed by atoms with Crippen LogP contribution >= 0.6 is 0 Å². The molecule has 0 spiro atoms. The van der Waals surface area contributed by atoms with Gasteiger partial charge < -0.3 is 15.2 Å². The Kier molecular flexibility index (Phi) is 5.75. The smallest absolute Gasteiger partial charge is 0.407 e. The zero-order valence-corrected chi connectivity index (χ0v) is 14.0. The van der Waals surface area contributed by atoms with Crippen LogP contribution in [0.5, 0.6) is 0 Å². The average molecular weight is 345 g/mol. The molecule has 2 rings (SSSR count). The Morgan fingerprint density at radius 3 is 2.44 bits per heavy atom. The summed E-state index contributed by atoms with van der Waals surface area (Å²) in [6.07, 6.45) is -0.771. The molecule has 0 heterocycles. The molecule has 0 saturated carbocycles. The first-order chi connectivity index (χ1) is 11.8. The van der Waals surface area contributed by atoms with Crippen LogP contribution < -0.4 is 5.32 Å². The van der Waals surface area contributed by atoms with Crippen LogP contribution in [-0.2, 0) is 16.1 Å². The summed E-state index contributed by atoms with van der Waals surface area (Å²) in [7, 11) is 0. The number of carbonyl (C=O) groups excluding carboxylic acids is 1. The number of amides is 1. The van der Waals surface area contributed by atoms with Gasteiger partial charge in [0, 0.05) is 0 Å². The van der Waals surface area contributed by atoms with E-state index in [-0.39, 0.29) is 6.61 Å². The van der Waals surface area contributed by atoms with E-state index in [1.165, 1.54) is 32.0 Å². The fraction of sp³-hybridized carbons (Fsp3) is 0.263. The molecule has 0 aliphatic heterocycles. The normalized spacial score (nSPS) is 12.3. The van der Waals surface area contributed by atoms with E-state index < -0.39 is 29.3 Å². The molecule has 2 aromatic rings. The lowest BCUT2D eigenvalue weighted by Crippen LogP contribution is -2.42. The van der Waals surface area contributed by atoms with E-state index in [9.17, 15) is 19.1 Å². The molecular formula is C19H20FNO4. The third-order valence-electron chi connectivity index (χ3n) is 3.93. The molecule has 0 fully saturated rings. The lowest BCUT2D eigenvalue weighted by atomic mass is 9.80. The Hall–Kier alpha value is -2.89. The maximum absolute atomic E-state index is 13.5. The quantitative estimate of drug-likeness (QED) is 0.832. The zero-order valence-electron chi connectivity index (χ0n) is 14.0. The minimum Gasteiger partial charge on any atom is -0.481 e. The lowest BCUT2D eigenvalue weighted by Gasteiger charge is -2.31. The van der Waals surface area contributed by atoms with Crippen LogP contribution in [-0.4, -0.2) is 17.2 Å². The monoisotopic (exact) mass is 345 g/mol. The number of halogens is 1. The summed E-state index contributed by atoms with van der Waals surface area (Å²) >= 11 is 0. The van der Waals surface area contributed by atoms with Gasteiger partial charge in [-0.15, -0.1) is 0 Å². The minimum atomic E-state index is -1.36. The molecule has 1 amide bonds. The van der Waals surface area contributed by atoms with Crippen LogP contribution in [0.1, 0.15) is 31.0 Å². The van der Waals surface area contributed by atoms with E-state index in [0.717, 1.165) is 5.56 Å². The molecule has 0 radical (unpaired) electrons. The van der Waals surface area contributed by atoms with Crippen LogP contribution in [0.3, 0.4) is 0 Å². The van der Waals surface area contributed by atoms with Crippen LogP contribution in [0, 0.1) is 11.2 Å². The van der Waals surface area contributed by atoms with Crippen molar-refractivity contribution in [2.24, 2.45) is 5.41 Å². The van der Waals surface area contributed by atoms with Gasteiger partial charge in [-0.3, -0.25) is 4.79 Å². The number of carbonyl (C=O) groups is 2. The predicted molar refractivity (Wildman–Crippen MR) is 90.3 cm³/mol. The zero-order chi connectivity index (χ0) is 18.4. The molecule has 2 N–H and O–H groups in total. The molecule has 0 saturated heterocycles. The molecule has 25 heavy (non-hydrogen) atoms. The number of benzene rings is 2. The van der Waals surface area contributed by atoms with Gasteiger partial charge in [-0.1, -0.05) is 42.5 Å². The van der Waals surface area contributed by atoms with E-state index in [4.69, 9.17) is 4.74 Å². The summed E-state index contributed by atoms with van der Waals surface area (Å²) < 4.78 is 18.7. The Morgan fingerprint density at radius 1 is 1.16 bits per heavy atom. The highest BCUT2D eigenvalue weighted by Crippen LogP contribution is 2.34. The first kappa shape index (κ1) is 18.4. The van der Waals surface area contributed by atoms with E-state index in [1.807, 2.05) is 18.2 Å². The number of hydrogen-bond donors (Lipinski definition) is 2. The Balaban J connectivity index is 2.15. The van der Waals surface area contributed by atoms with Gasteiger partial charge in [0.25, 0.3) is 0 Å². The van der Waals surface area contributed by atoms with Gasteiger partial charge >= 0.3 is 12.1 Å². The first-order valence-corrected chi connectivity index (χ1v) is 7.77. The van der Waals surface area contributed by atoms with Gasteiger partial charge in [-0.2, -0.15) is 0 Å². The molecule has 2 aromatic carbocycles. The molecule has 6 heteroatoms. The van der Waals surface area contributed by atoms with Crippen molar-refractivity contribution in [3.8, 4) is 0 Å². The topological polar surface area (TPSA) is 75.6 Å². The summed E-state index contributed by atoms with van der Waals surface area (Å²) in [6.45, 7) is 2.97. The van der Waals surface area contributed by atoms with Crippen molar-refractivity contribution in [3.63, 3.8) is 0 Å². The van der Waals surface area contributed by atoms with Crippen LogP contribution in [0.4, 0.5) is 9.18 Å². The number of hydrogen-bond acceptors (Lipinski definition) is 3. The Labute approximate surface area is 145 Å². The largest absolute Gasteiger partial charge is 0.481 e. The predicted octanol–water partition coefficient (Wildman–Crippen LogP) is 3.90. The highest BCUT2D eigenvalue weighted by atomic mass is 19.1. The van der Waals surface area contributed by atoms with E-state index in [1.54, 1.807) is 18.2 Å². The number of rotatable bonds is 6. The number of carboxylic acids is 1. The summed E-state index contributed by atoms with van der Waals surface area (Å²) in [5.41, 5.74) is -0.207. The molecule has 0 aromatic heterocycles. The van der Waals surface area contributed by atoms with Crippen molar-refractivity contribution < 1.29 is 23.8 Å². The molecule has 0 bridgehead atoms. The highest BCUT2D eigenvalue weighted by Gasteiger charge is 2.39. The summed E-state index contributed by atoms with van der Waals surface area (Å²) in [5.74, 6) is -1.63. The summed E-state index contributed by atoms with van der Waals surface area (Å²) in [5, 5.41) is 12.0. The van der Waals surface area contributed by atoms with Crippen molar-refractivity contribution in [3.05, 3.63) is 71.5 Å². The van der Waals surface area contributed by atoms with Crippen LogP contribution in [0.25, 0.3) is 0 Å². The van der Waals surface area contributed by atoms with Gasteiger partial charge in [-0.05, 0) is 37.1 Å². The van der Waals surface area contributed by atoms with E-state index >= 15 is 0 Å². The SMILES string of the molecule is CC(C)(C(=O)O)[C@@H](NC(=O)OCc1ccccc1)c1cccc(F)c1.